The summed E-state index contributed by atoms with van der Waals surface area (Å²) in [7, 11) is 8.51. The van der Waals surface area contributed by atoms with Crippen LogP contribution in [0.3, 0.4) is 0 Å². The van der Waals surface area contributed by atoms with Crippen molar-refractivity contribution < 1.29 is 36.5 Å². The van der Waals surface area contributed by atoms with E-state index < -0.39 is 0 Å². The molecule has 20 rings (SSSR count). The molecule has 0 fully saturated rings. The minimum atomic E-state index is 0.00695. The summed E-state index contributed by atoms with van der Waals surface area (Å²) < 4.78 is 18.4. The number of hydrogen-bond acceptors (Lipinski definition) is 4. The average molecular weight is 1680 g/mol. The first-order valence-electron chi connectivity index (χ1n) is 44.1. The third-order valence-electron chi connectivity index (χ3n) is 25.8. The van der Waals surface area contributed by atoms with Gasteiger partial charge in [0.05, 0.1) is 23.3 Å². The second-order valence-corrected chi connectivity index (χ2v) is 35.5. The first-order valence-corrected chi connectivity index (χ1v) is 44.1. The zero-order valence-corrected chi connectivity index (χ0v) is 77.5. The van der Waals surface area contributed by atoms with Crippen LogP contribution < -0.4 is 36.5 Å². The van der Waals surface area contributed by atoms with Crippen LogP contribution in [0, 0.1) is 104 Å². The van der Waals surface area contributed by atoms with Crippen molar-refractivity contribution in [2.24, 2.45) is 28.2 Å². The Morgan fingerprint density at radius 2 is 0.695 bits per heavy atom. The highest BCUT2D eigenvalue weighted by Crippen LogP contribution is 2.38. The third kappa shape index (κ3) is 15.8. The summed E-state index contributed by atoms with van der Waals surface area (Å²) in [5, 5.41) is 7.43. The molecule has 0 radical (unpaired) electrons. The van der Waals surface area contributed by atoms with Gasteiger partial charge in [-0.2, -0.15) is 36.5 Å². The molecule has 0 bridgehead atoms. The van der Waals surface area contributed by atoms with Crippen LogP contribution in [0.25, 0.3) is 160 Å². The molecule has 13 heteroatoms. The van der Waals surface area contributed by atoms with Crippen LogP contribution in [0.4, 0.5) is 5.69 Å². The van der Waals surface area contributed by atoms with Crippen molar-refractivity contribution in [3.63, 3.8) is 0 Å². The van der Waals surface area contributed by atoms with Gasteiger partial charge in [-0.05, 0) is 187 Å². The predicted octanol–water partition coefficient (Wildman–Crippen LogP) is 22.8. The molecule has 0 saturated heterocycles. The fourth-order valence-corrected chi connectivity index (χ4v) is 19.3. The highest BCUT2D eigenvalue weighted by atomic mass is 15.0. The van der Waals surface area contributed by atoms with Crippen LogP contribution >= 0.6 is 0 Å². The number of benzene rings is 12. The highest BCUT2D eigenvalue weighted by molar-refractivity contribution is 5.86. The lowest BCUT2D eigenvalue weighted by Gasteiger charge is -2.22. The summed E-state index contributed by atoms with van der Waals surface area (Å²) in [5.41, 5.74) is 43.3. The van der Waals surface area contributed by atoms with Gasteiger partial charge >= 0.3 is 0 Å². The maximum Gasteiger partial charge on any atom is 0.234 e. The van der Waals surface area contributed by atoms with Crippen LogP contribution in [-0.2, 0) is 33.6 Å². The fraction of sp³-hybridized carbons (Fsp3) is 0.191. The molecule has 628 valence electrons. The van der Waals surface area contributed by atoms with Crippen molar-refractivity contribution in [3.8, 4) is 67.8 Å². The number of fused-ring (bicyclic) bond motifs is 8. The van der Waals surface area contributed by atoms with E-state index in [0.29, 0.717) is 5.69 Å². The Morgan fingerprint density at radius 1 is 0.312 bits per heavy atom. The van der Waals surface area contributed by atoms with Crippen LogP contribution in [0.2, 0.25) is 0 Å². The van der Waals surface area contributed by atoms with E-state index in [9.17, 15) is 0 Å². The quantitative estimate of drug-likeness (QED) is 0.112. The molecular weight excluding hydrogens is 1560 g/mol. The molecule has 0 aliphatic rings. The minimum Gasteiger partial charge on any atom is -0.243 e. The van der Waals surface area contributed by atoms with Crippen LogP contribution in [0.1, 0.15) is 105 Å². The van der Waals surface area contributed by atoms with Gasteiger partial charge in [0, 0.05) is 161 Å². The molecule has 8 aromatic heterocycles. The lowest BCUT2D eigenvalue weighted by atomic mass is 9.83. The van der Waals surface area contributed by atoms with Gasteiger partial charge in [-0.3, -0.25) is 0 Å². The summed E-state index contributed by atoms with van der Waals surface area (Å²) in [6.45, 7) is 45.0. The van der Waals surface area contributed by atoms with E-state index in [1.165, 1.54) is 139 Å². The van der Waals surface area contributed by atoms with E-state index in [-0.39, 0.29) is 5.41 Å². The number of aromatic nitrogens is 12. The van der Waals surface area contributed by atoms with Crippen molar-refractivity contribution in [3.05, 3.63) is 387 Å². The average Bonchev–Trinajstić information content (AvgIpc) is 0.755. The Morgan fingerprint density at radius 3 is 1.16 bits per heavy atom. The van der Waals surface area contributed by atoms with Crippen molar-refractivity contribution >= 4 is 93.2 Å². The molecule has 20 aromatic rings. The molecule has 0 unspecified atom stereocenters. The Labute approximate surface area is 751 Å². The Hall–Kier alpha value is -14.9. The zero-order valence-electron chi connectivity index (χ0n) is 77.5. The standard InChI is InChI=1S/C31H33N3.C28H24N4.2C28H27N3/c1-20-16-17-23-12-8-10-14-27(23)34(20)29-19-24(31(4,5)6)18-25(21(29)2)30-22(3)32-26-13-9-11-15-28(26)33(30)7;1-18-14-15-21-10-6-8-12-25(21)32(18)27-17-22(29-4)16-23(19(27)2)28-20(3)30-24-11-7-9-13-26(24)31(28)5;1-18-14-19(2)28(31-17-23-11-7-6-10-22(23)15-20(31)3)21(4)27(18)26-16-29-24-12-8-9-13-25(24)30(26)5;1-18-14-24(28-21(4)29-25-12-8-9-13-26(25)30(28)5)20(3)27(15-18)31-17-23-11-7-6-10-22(23)16-19(31)2/h8-19H,1-7H3;6-17H,1-3,5H3;2*6-17H,1-5H3/q4*+2. The van der Waals surface area contributed by atoms with Crippen LogP contribution in [-0.4, -0.2) is 19.9 Å². The van der Waals surface area contributed by atoms with Gasteiger partial charge in [-0.25, -0.2) is 24.8 Å². The smallest absolute Gasteiger partial charge is 0.234 e. The molecule has 0 amide bonds. The second kappa shape index (κ2) is 34.6. The monoisotopic (exact) mass is 1670 g/mol. The van der Waals surface area contributed by atoms with Gasteiger partial charge in [-0.1, -0.05) is 130 Å². The lowest BCUT2D eigenvalue weighted by Crippen LogP contribution is -2.38. The molecule has 8 heterocycles. The molecule has 128 heavy (non-hydrogen) atoms. The molecule has 12 aromatic carbocycles. The van der Waals surface area contributed by atoms with Gasteiger partial charge in [0.15, 0.2) is 40.9 Å². The molecule has 0 aliphatic heterocycles. The normalized spacial score (nSPS) is 11.5. The molecular formula is C115H111N13+8. The van der Waals surface area contributed by atoms with Crippen molar-refractivity contribution in [1.82, 2.24) is 19.9 Å². The molecule has 0 N–H and O–H groups in total. The highest BCUT2D eigenvalue weighted by Gasteiger charge is 2.34. The number of pyridine rings is 4. The summed E-state index contributed by atoms with van der Waals surface area (Å²) in [5.74, 6) is 0. The van der Waals surface area contributed by atoms with E-state index in [1.54, 1.807) is 0 Å². The maximum atomic E-state index is 7.78. The lowest BCUT2D eigenvalue weighted by molar-refractivity contribution is -0.634. The summed E-state index contributed by atoms with van der Waals surface area (Å²) in [4.78, 5) is 23.4. The zero-order chi connectivity index (χ0) is 90.0. The summed E-state index contributed by atoms with van der Waals surface area (Å²) in [6.07, 6.45) is 6.52. The molecule has 13 nitrogen and oxygen atoms in total. The molecule has 0 spiro atoms. The molecule has 0 aliphatic carbocycles. The van der Waals surface area contributed by atoms with Gasteiger partial charge in [0.2, 0.25) is 78.6 Å². The number of rotatable bonds is 8. The minimum absolute atomic E-state index is 0.00695. The summed E-state index contributed by atoms with van der Waals surface area (Å²) in [6, 6.07) is 96.1. The maximum absolute atomic E-state index is 7.78. The number of hydrogen-bond donors (Lipinski definition) is 0. The Balaban J connectivity index is 0.000000120. The second-order valence-electron chi connectivity index (χ2n) is 35.5. The Kier molecular flexibility index (Phi) is 23.0. The van der Waals surface area contributed by atoms with E-state index in [0.717, 1.165) is 101 Å². The van der Waals surface area contributed by atoms with E-state index in [1.807, 2.05) is 55.6 Å². The van der Waals surface area contributed by atoms with E-state index in [4.69, 9.17) is 26.5 Å². The first-order chi connectivity index (χ1) is 61.5. The first kappa shape index (κ1) is 85.3. The summed E-state index contributed by atoms with van der Waals surface area (Å²) >= 11 is 0. The number of para-hydroxylation sites is 10. The SMILES string of the molecule is Cc1cc(-c2c(C)nc3ccccc3[n+]2C)c(C)c(-[n+]2cc3ccccc3cc2C)c1.Cc1cc(C)c(-[n+]2cc3ccccc3cc2C)c(C)c1-c1cnc2ccccc2[n+]1C.Cc1nc2ccccc2[n+](C)c1-c1cc(C(C)(C)C)cc(-[n+]2c(C)ccc3ccccc32)c1C.[C-]#[N+]c1cc(-c2c(C)nc3ccccc3[n+]2C)c(C)c(-[n+]2c(C)ccc3ccccc32)c1. The molecule has 0 atom stereocenters. The van der Waals surface area contributed by atoms with Crippen molar-refractivity contribution in [2.45, 2.75) is 123 Å². The van der Waals surface area contributed by atoms with Gasteiger partial charge in [-0.15, -0.1) is 0 Å². The topological polar surface area (TPSA) is 87.0 Å². The van der Waals surface area contributed by atoms with Crippen LogP contribution in [0.5, 0.6) is 0 Å². The van der Waals surface area contributed by atoms with E-state index in [2.05, 4.69) is 423 Å². The van der Waals surface area contributed by atoms with Crippen LogP contribution in [0.15, 0.2) is 292 Å². The largest absolute Gasteiger partial charge is 0.243 e. The van der Waals surface area contributed by atoms with Crippen molar-refractivity contribution in [1.29, 1.82) is 0 Å². The van der Waals surface area contributed by atoms with Gasteiger partial charge < -0.3 is 0 Å². The van der Waals surface area contributed by atoms with Gasteiger partial charge in [0.25, 0.3) is 0 Å². The number of nitrogens with zero attached hydrogens (tertiary/aromatic N) is 13. The molecule has 0 saturated carbocycles. The Bertz CT molecular complexity index is 7950. The van der Waals surface area contributed by atoms with Gasteiger partial charge in [0.1, 0.15) is 73.5 Å². The number of aryl methyl sites for hydroxylation is 14. The third-order valence-corrected chi connectivity index (χ3v) is 25.8. The predicted molar refractivity (Wildman–Crippen MR) is 521 cm³/mol. The van der Waals surface area contributed by atoms with E-state index >= 15 is 0 Å². The van der Waals surface area contributed by atoms with Crippen molar-refractivity contribution in [2.75, 3.05) is 0 Å². The fourth-order valence-electron chi connectivity index (χ4n) is 19.3.